The van der Waals surface area contributed by atoms with E-state index in [1.165, 1.54) is 6.26 Å². The molecule has 1 heterocycles. The molecule has 0 aromatic heterocycles. The molecule has 1 saturated carbocycles. The van der Waals surface area contributed by atoms with Crippen LogP contribution in [-0.4, -0.2) is 17.7 Å². The molecule has 2 aliphatic rings. The Kier molecular flexibility index (Phi) is 2.12. The number of aliphatic hydroxyl groups is 1. The second kappa shape index (κ2) is 3.14. The van der Waals surface area contributed by atoms with Gasteiger partial charge in [0.2, 0.25) is 0 Å². The fourth-order valence-corrected chi connectivity index (χ4v) is 2.53. The summed E-state index contributed by atoms with van der Waals surface area (Å²) in [5, 5.41) is 9.58. The summed E-state index contributed by atoms with van der Waals surface area (Å²) in [4.78, 5) is 10.7. The molecule has 13 heavy (non-hydrogen) atoms. The molecule has 0 amide bonds. The number of aldehydes is 1. The largest absolute Gasteiger partial charge is 0.472 e. The Labute approximate surface area is 77.4 Å². The number of aliphatic hydroxyl groups excluding tert-OH is 1. The van der Waals surface area contributed by atoms with Crippen LogP contribution < -0.4 is 0 Å². The molecule has 1 aliphatic carbocycles. The zero-order chi connectivity index (χ0) is 9.42. The standard InChI is InChI=1S/C10H14O3/c1-6-2-3-8-7(4-11)5-13-10(12)9(6)8/h4-6,8-10,12H,2-3H2,1H3. The number of rotatable bonds is 1. The van der Waals surface area contributed by atoms with E-state index >= 15 is 0 Å². The fraction of sp³-hybridized carbons (Fsp3) is 0.700. The first kappa shape index (κ1) is 8.75. The van der Waals surface area contributed by atoms with Crippen molar-refractivity contribution in [2.24, 2.45) is 17.8 Å². The maximum absolute atomic E-state index is 10.7. The van der Waals surface area contributed by atoms with E-state index in [-0.39, 0.29) is 11.8 Å². The summed E-state index contributed by atoms with van der Waals surface area (Å²) in [6.07, 6.45) is 3.61. The number of fused-ring (bicyclic) bond motifs is 1. The minimum Gasteiger partial charge on any atom is -0.472 e. The van der Waals surface area contributed by atoms with Gasteiger partial charge in [-0.1, -0.05) is 6.92 Å². The summed E-state index contributed by atoms with van der Waals surface area (Å²) < 4.78 is 5.03. The lowest BCUT2D eigenvalue weighted by molar-refractivity contribution is -0.125. The van der Waals surface area contributed by atoms with E-state index in [0.29, 0.717) is 11.5 Å². The zero-order valence-corrected chi connectivity index (χ0v) is 7.64. The molecule has 72 valence electrons. The van der Waals surface area contributed by atoms with Crippen molar-refractivity contribution in [2.45, 2.75) is 26.1 Å². The van der Waals surface area contributed by atoms with Crippen LogP contribution in [0.4, 0.5) is 0 Å². The van der Waals surface area contributed by atoms with Crippen LogP contribution in [0, 0.1) is 17.8 Å². The molecule has 1 aliphatic heterocycles. The quantitative estimate of drug-likeness (QED) is 0.617. The average Bonchev–Trinajstić information content (AvgIpc) is 2.50. The Morgan fingerprint density at radius 1 is 1.62 bits per heavy atom. The van der Waals surface area contributed by atoms with Crippen LogP contribution in [0.1, 0.15) is 19.8 Å². The lowest BCUT2D eigenvalue weighted by atomic mass is 9.84. The summed E-state index contributed by atoms with van der Waals surface area (Å²) in [5.74, 6) is 0.782. The second-order valence-electron chi connectivity index (χ2n) is 4.00. The third kappa shape index (κ3) is 1.27. The van der Waals surface area contributed by atoms with Crippen molar-refractivity contribution < 1.29 is 14.6 Å². The van der Waals surface area contributed by atoms with Crippen LogP contribution in [0.15, 0.2) is 11.8 Å². The molecule has 0 saturated heterocycles. The Balaban J connectivity index is 2.26. The summed E-state index contributed by atoms with van der Waals surface area (Å²) >= 11 is 0. The van der Waals surface area contributed by atoms with Gasteiger partial charge in [-0.05, 0) is 24.7 Å². The van der Waals surface area contributed by atoms with Crippen molar-refractivity contribution in [3.63, 3.8) is 0 Å². The molecule has 4 unspecified atom stereocenters. The van der Waals surface area contributed by atoms with E-state index in [2.05, 4.69) is 6.92 Å². The fourth-order valence-electron chi connectivity index (χ4n) is 2.53. The Morgan fingerprint density at radius 2 is 2.38 bits per heavy atom. The van der Waals surface area contributed by atoms with Crippen LogP contribution in [0.3, 0.4) is 0 Å². The minimum absolute atomic E-state index is 0.116. The lowest BCUT2D eigenvalue weighted by Crippen LogP contribution is -2.33. The molecule has 3 nitrogen and oxygen atoms in total. The average molecular weight is 182 g/mol. The summed E-state index contributed by atoms with van der Waals surface area (Å²) in [7, 11) is 0. The molecule has 1 fully saturated rings. The van der Waals surface area contributed by atoms with E-state index in [1.54, 1.807) is 0 Å². The predicted molar refractivity (Wildman–Crippen MR) is 46.6 cm³/mol. The molecule has 2 rings (SSSR count). The van der Waals surface area contributed by atoms with Crippen LogP contribution in [-0.2, 0) is 9.53 Å². The Hall–Kier alpha value is -0.830. The molecule has 0 spiro atoms. The normalized spacial score (nSPS) is 43.4. The molecular weight excluding hydrogens is 168 g/mol. The van der Waals surface area contributed by atoms with Gasteiger partial charge in [0.25, 0.3) is 0 Å². The minimum atomic E-state index is -0.716. The highest BCUT2D eigenvalue weighted by molar-refractivity contribution is 5.74. The summed E-state index contributed by atoms with van der Waals surface area (Å²) in [6, 6.07) is 0. The number of hydrogen-bond donors (Lipinski definition) is 1. The highest BCUT2D eigenvalue weighted by Crippen LogP contribution is 2.44. The van der Waals surface area contributed by atoms with Crippen molar-refractivity contribution >= 4 is 6.29 Å². The van der Waals surface area contributed by atoms with Crippen molar-refractivity contribution in [2.75, 3.05) is 0 Å². The highest BCUT2D eigenvalue weighted by atomic mass is 16.6. The van der Waals surface area contributed by atoms with Gasteiger partial charge < -0.3 is 9.84 Å². The van der Waals surface area contributed by atoms with Gasteiger partial charge in [-0.25, -0.2) is 0 Å². The van der Waals surface area contributed by atoms with Crippen molar-refractivity contribution in [3.05, 3.63) is 11.8 Å². The summed E-state index contributed by atoms with van der Waals surface area (Å²) in [5.41, 5.74) is 0.708. The number of hydrogen-bond acceptors (Lipinski definition) is 3. The van der Waals surface area contributed by atoms with Crippen molar-refractivity contribution in [1.29, 1.82) is 0 Å². The monoisotopic (exact) mass is 182 g/mol. The van der Waals surface area contributed by atoms with Crippen molar-refractivity contribution in [1.82, 2.24) is 0 Å². The van der Waals surface area contributed by atoms with Gasteiger partial charge in [-0.2, -0.15) is 0 Å². The van der Waals surface area contributed by atoms with Crippen LogP contribution in [0.2, 0.25) is 0 Å². The zero-order valence-electron chi connectivity index (χ0n) is 7.64. The first-order valence-corrected chi connectivity index (χ1v) is 4.73. The topological polar surface area (TPSA) is 46.5 Å². The number of allylic oxidation sites excluding steroid dienone is 1. The molecular formula is C10H14O3. The van der Waals surface area contributed by atoms with Gasteiger partial charge in [0.05, 0.1) is 6.26 Å². The molecule has 0 aromatic rings. The third-order valence-electron chi connectivity index (χ3n) is 3.29. The SMILES string of the molecule is CC1CCC2C(C=O)=COC(O)C12. The molecule has 0 bridgehead atoms. The van der Waals surface area contributed by atoms with Crippen molar-refractivity contribution in [3.8, 4) is 0 Å². The van der Waals surface area contributed by atoms with E-state index in [9.17, 15) is 9.90 Å². The lowest BCUT2D eigenvalue weighted by Gasteiger charge is -2.31. The van der Waals surface area contributed by atoms with Gasteiger partial charge in [-0.15, -0.1) is 0 Å². The third-order valence-corrected chi connectivity index (χ3v) is 3.29. The van der Waals surface area contributed by atoms with Gasteiger partial charge >= 0.3 is 0 Å². The molecule has 0 aromatic carbocycles. The molecule has 1 N–H and O–H groups in total. The van der Waals surface area contributed by atoms with Gasteiger partial charge in [0.1, 0.15) is 6.29 Å². The second-order valence-corrected chi connectivity index (χ2v) is 4.00. The highest BCUT2D eigenvalue weighted by Gasteiger charge is 2.43. The van der Waals surface area contributed by atoms with E-state index in [4.69, 9.17) is 4.74 Å². The Bertz CT molecular complexity index is 247. The molecule has 3 heteroatoms. The van der Waals surface area contributed by atoms with E-state index < -0.39 is 6.29 Å². The van der Waals surface area contributed by atoms with E-state index in [1.807, 2.05) is 0 Å². The number of carbonyl (C=O) groups excluding carboxylic acids is 1. The predicted octanol–water partition coefficient (Wildman–Crippen LogP) is 1.08. The van der Waals surface area contributed by atoms with Gasteiger partial charge in [0.15, 0.2) is 6.29 Å². The smallest absolute Gasteiger partial charge is 0.200 e. The molecule has 0 radical (unpaired) electrons. The molecule has 4 atom stereocenters. The number of ether oxygens (including phenoxy) is 1. The summed E-state index contributed by atoms with van der Waals surface area (Å²) in [6.45, 7) is 2.10. The van der Waals surface area contributed by atoms with Gasteiger partial charge in [0, 0.05) is 11.5 Å². The van der Waals surface area contributed by atoms with Gasteiger partial charge in [-0.3, -0.25) is 4.79 Å². The first-order valence-electron chi connectivity index (χ1n) is 4.73. The maximum atomic E-state index is 10.7. The van der Waals surface area contributed by atoms with E-state index in [0.717, 1.165) is 19.1 Å². The first-order chi connectivity index (χ1) is 6.24. The number of carbonyl (C=O) groups is 1. The van der Waals surface area contributed by atoms with Crippen LogP contribution >= 0.6 is 0 Å². The van der Waals surface area contributed by atoms with Crippen LogP contribution in [0.5, 0.6) is 0 Å². The Morgan fingerprint density at radius 3 is 3.08 bits per heavy atom. The maximum Gasteiger partial charge on any atom is 0.200 e. The van der Waals surface area contributed by atoms with Crippen LogP contribution in [0.25, 0.3) is 0 Å².